The number of rotatable bonds is 7. The molecule has 1 saturated carbocycles. The Bertz CT molecular complexity index is 654. The highest BCUT2D eigenvalue weighted by atomic mass is 16.2. The number of hydrogen-bond donors (Lipinski definition) is 2. The minimum Gasteiger partial charge on any atom is -0.385 e. The molecule has 2 fully saturated rings. The molecule has 3 rings (SSSR count). The summed E-state index contributed by atoms with van der Waals surface area (Å²) in [4.78, 5) is 16.7. The van der Waals surface area contributed by atoms with Crippen LogP contribution >= 0.6 is 0 Å². The van der Waals surface area contributed by atoms with Gasteiger partial charge in [0.2, 0.25) is 0 Å². The number of nitrogens with one attached hydrogen (secondary N) is 2. The van der Waals surface area contributed by atoms with Crippen molar-refractivity contribution in [3.8, 4) is 6.07 Å². The van der Waals surface area contributed by atoms with Gasteiger partial charge < -0.3 is 20.4 Å². The van der Waals surface area contributed by atoms with Gasteiger partial charge in [0.05, 0.1) is 11.6 Å². The van der Waals surface area contributed by atoms with E-state index >= 15 is 0 Å². The smallest absolute Gasteiger partial charge is 0.317 e. The van der Waals surface area contributed by atoms with Crippen LogP contribution in [-0.2, 0) is 0 Å². The van der Waals surface area contributed by atoms with Crippen LogP contribution in [-0.4, -0.2) is 61.6 Å². The van der Waals surface area contributed by atoms with E-state index in [9.17, 15) is 4.79 Å². The van der Waals surface area contributed by atoms with Gasteiger partial charge >= 0.3 is 6.03 Å². The van der Waals surface area contributed by atoms with Crippen molar-refractivity contribution < 1.29 is 4.79 Å². The van der Waals surface area contributed by atoms with Crippen LogP contribution in [0.25, 0.3) is 0 Å². The van der Waals surface area contributed by atoms with Crippen LogP contribution in [0.5, 0.6) is 0 Å². The lowest BCUT2D eigenvalue weighted by Crippen LogP contribution is -2.55. The fraction of sp³-hybridized carbons (Fsp3) is 0.619. The summed E-state index contributed by atoms with van der Waals surface area (Å²) < 4.78 is 0. The van der Waals surface area contributed by atoms with Gasteiger partial charge in [-0.2, -0.15) is 5.26 Å². The number of anilines is 1. The zero-order valence-corrected chi connectivity index (χ0v) is 16.4. The number of amides is 2. The minimum absolute atomic E-state index is 0.0992. The Labute approximate surface area is 162 Å². The summed E-state index contributed by atoms with van der Waals surface area (Å²) in [5, 5.41) is 15.2. The predicted octanol–water partition coefficient (Wildman–Crippen LogP) is 2.73. The first-order chi connectivity index (χ1) is 13.1. The summed E-state index contributed by atoms with van der Waals surface area (Å²) in [6.45, 7) is 6.42. The van der Waals surface area contributed by atoms with E-state index in [2.05, 4.69) is 28.7 Å². The summed E-state index contributed by atoms with van der Waals surface area (Å²) in [6.07, 6.45) is 3.55. The Morgan fingerprint density at radius 1 is 1.26 bits per heavy atom. The highest BCUT2D eigenvalue weighted by Gasteiger charge is 2.44. The summed E-state index contributed by atoms with van der Waals surface area (Å²) in [7, 11) is 2.24. The van der Waals surface area contributed by atoms with E-state index in [0.717, 1.165) is 38.3 Å². The van der Waals surface area contributed by atoms with Gasteiger partial charge in [-0.3, -0.25) is 0 Å². The first-order valence-corrected chi connectivity index (χ1v) is 10.1. The maximum Gasteiger partial charge on any atom is 0.317 e. The highest BCUT2D eigenvalue weighted by Crippen LogP contribution is 2.39. The van der Waals surface area contributed by atoms with Crippen molar-refractivity contribution >= 4 is 11.7 Å². The van der Waals surface area contributed by atoms with Gasteiger partial charge in [0.1, 0.15) is 0 Å². The lowest BCUT2D eigenvalue weighted by molar-refractivity contribution is 0.0764. The zero-order chi connectivity index (χ0) is 19.2. The van der Waals surface area contributed by atoms with Crippen LogP contribution < -0.4 is 10.6 Å². The van der Waals surface area contributed by atoms with Crippen LogP contribution in [0.1, 0.15) is 31.7 Å². The third-order valence-electron chi connectivity index (χ3n) is 5.94. The molecule has 2 unspecified atom stereocenters. The average molecular weight is 370 g/mol. The molecule has 1 saturated heterocycles. The first kappa shape index (κ1) is 19.5. The molecule has 2 atom stereocenters. The molecule has 146 valence electrons. The van der Waals surface area contributed by atoms with E-state index in [1.54, 1.807) is 0 Å². The molecular weight excluding hydrogens is 338 g/mol. The second-order valence-corrected chi connectivity index (χ2v) is 7.78. The second-order valence-electron chi connectivity index (χ2n) is 7.78. The van der Waals surface area contributed by atoms with Crippen molar-refractivity contribution in [3.05, 3.63) is 29.8 Å². The van der Waals surface area contributed by atoms with Crippen molar-refractivity contribution in [2.75, 3.05) is 45.1 Å². The number of benzene rings is 1. The van der Waals surface area contributed by atoms with Crippen LogP contribution in [0.4, 0.5) is 10.5 Å². The summed E-state index contributed by atoms with van der Waals surface area (Å²) in [6, 6.07) is 10.4. The monoisotopic (exact) mass is 369 g/mol. The number of urea groups is 1. The summed E-state index contributed by atoms with van der Waals surface area (Å²) in [5.74, 6) is 1.20. The van der Waals surface area contributed by atoms with Crippen molar-refractivity contribution in [3.63, 3.8) is 0 Å². The molecule has 0 aromatic heterocycles. The zero-order valence-electron chi connectivity index (χ0n) is 16.4. The number of likely N-dealkylation sites (tertiary alicyclic amines) is 1. The molecule has 1 heterocycles. The van der Waals surface area contributed by atoms with Gasteiger partial charge in [-0.25, -0.2) is 4.79 Å². The first-order valence-electron chi connectivity index (χ1n) is 10.1. The molecule has 27 heavy (non-hydrogen) atoms. The van der Waals surface area contributed by atoms with E-state index in [-0.39, 0.29) is 6.03 Å². The largest absolute Gasteiger partial charge is 0.385 e. The SMILES string of the molecule is CCNC(=O)N1CC2CCC(C1)C2N(C)CCCNc1ccc(C#N)cc1. The molecule has 2 N–H and O–H groups in total. The minimum atomic E-state index is 0.0992. The molecule has 1 aliphatic carbocycles. The summed E-state index contributed by atoms with van der Waals surface area (Å²) >= 11 is 0. The number of fused-ring (bicyclic) bond motifs is 2. The predicted molar refractivity (Wildman–Crippen MR) is 108 cm³/mol. The standard InChI is InChI=1S/C21H31N5O/c1-3-23-21(27)26-14-17-7-8-18(15-26)20(17)25(2)12-4-11-24-19-9-5-16(13-22)6-10-19/h5-6,9-10,17-18,20,24H,3-4,7-8,11-12,14-15H2,1-2H3,(H,23,27). The van der Waals surface area contributed by atoms with Gasteiger partial charge in [-0.05, 0) is 75.9 Å². The lowest BCUT2D eigenvalue weighted by atomic mass is 9.91. The van der Waals surface area contributed by atoms with Crippen molar-refractivity contribution in [2.45, 2.75) is 32.2 Å². The van der Waals surface area contributed by atoms with Crippen molar-refractivity contribution in [2.24, 2.45) is 11.8 Å². The van der Waals surface area contributed by atoms with Gasteiger partial charge in [0.15, 0.2) is 0 Å². The number of carbonyl (C=O) groups excluding carboxylic acids is 1. The Morgan fingerprint density at radius 3 is 2.52 bits per heavy atom. The Kier molecular flexibility index (Phi) is 6.57. The van der Waals surface area contributed by atoms with Gasteiger partial charge in [0, 0.05) is 37.9 Å². The third-order valence-corrected chi connectivity index (χ3v) is 5.94. The van der Waals surface area contributed by atoms with Crippen LogP contribution in [0.15, 0.2) is 24.3 Å². The number of piperidine rings is 1. The Balaban J connectivity index is 1.43. The maximum absolute atomic E-state index is 12.2. The molecule has 2 amide bonds. The molecular formula is C21H31N5O. The second kappa shape index (κ2) is 9.09. The molecule has 2 bridgehead atoms. The van der Waals surface area contributed by atoms with Gasteiger partial charge in [-0.1, -0.05) is 0 Å². The molecule has 0 spiro atoms. The quantitative estimate of drug-likeness (QED) is 0.725. The molecule has 1 aliphatic heterocycles. The topological polar surface area (TPSA) is 71.4 Å². The molecule has 1 aromatic carbocycles. The van der Waals surface area contributed by atoms with E-state index in [0.29, 0.717) is 30.0 Å². The van der Waals surface area contributed by atoms with E-state index in [1.165, 1.54) is 12.8 Å². The highest BCUT2D eigenvalue weighted by molar-refractivity contribution is 5.74. The number of carbonyl (C=O) groups is 1. The normalized spacial score (nSPS) is 23.9. The Morgan fingerprint density at radius 2 is 1.93 bits per heavy atom. The maximum atomic E-state index is 12.2. The van der Waals surface area contributed by atoms with Gasteiger partial charge in [-0.15, -0.1) is 0 Å². The van der Waals surface area contributed by atoms with Crippen LogP contribution in [0, 0.1) is 23.2 Å². The number of hydrogen-bond acceptors (Lipinski definition) is 4. The fourth-order valence-corrected chi connectivity index (χ4v) is 4.72. The average Bonchev–Trinajstić information content (AvgIpc) is 2.95. The molecule has 1 aromatic rings. The van der Waals surface area contributed by atoms with Crippen LogP contribution in [0.2, 0.25) is 0 Å². The van der Waals surface area contributed by atoms with Crippen molar-refractivity contribution in [1.82, 2.24) is 15.1 Å². The molecule has 6 nitrogen and oxygen atoms in total. The molecule has 0 radical (unpaired) electrons. The summed E-state index contributed by atoms with van der Waals surface area (Å²) in [5.41, 5.74) is 1.75. The third kappa shape index (κ3) is 4.72. The van der Waals surface area contributed by atoms with E-state index in [1.807, 2.05) is 36.1 Å². The van der Waals surface area contributed by atoms with Crippen LogP contribution in [0.3, 0.4) is 0 Å². The van der Waals surface area contributed by atoms with E-state index < -0.39 is 0 Å². The fourth-order valence-electron chi connectivity index (χ4n) is 4.72. The number of nitriles is 1. The lowest BCUT2D eigenvalue weighted by Gasteiger charge is -2.42. The molecule has 2 aliphatic rings. The van der Waals surface area contributed by atoms with E-state index in [4.69, 9.17) is 5.26 Å². The number of nitrogens with zero attached hydrogens (tertiary/aromatic N) is 3. The van der Waals surface area contributed by atoms with Gasteiger partial charge in [0.25, 0.3) is 0 Å². The molecule has 6 heteroatoms. The Hall–Kier alpha value is -2.26. The van der Waals surface area contributed by atoms with Crippen molar-refractivity contribution in [1.29, 1.82) is 5.26 Å².